The Morgan fingerprint density at radius 2 is 1.86 bits per heavy atom. The maximum atomic E-state index is 12.5. The van der Waals surface area contributed by atoms with Crippen LogP contribution in [0.5, 0.6) is 0 Å². The third-order valence-corrected chi connectivity index (χ3v) is 4.72. The van der Waals surface area contributed by atoms with E-state index in [0.29, 0.717) is 11.3 Å². The minimum absolute atomic E-state index is 0.346. The van der Waals surface area contributed by atoms with Crippen molar-refractivity contribution in [3.63, 3.8) is 0 Å². The third kappa shape index (κ3) is 4.19. The Balaban J connectivity index is 1.71. The van der Waals surface area contributed by atoms with Gasteiger partial charge in [0.1, 0.15) is 0 Å². The lowest BCUT2D eigenvalue weighted by Crippen LogP contribution is -2.22. The standard InChI is InChI=1S/C23H24N2O3/c1-5-17-8-6-7-15(3)22(17)25-21(26)13-28-23(27)19-12-18-11-14(2)9-10-20(18)24-16(19)4/h6-12H,5,13H2,1-4H3,(H,25,26). The second-order valence-corrected chi connectivity index (χ2v) is 6.90. The molecule has 0 bridgehead atoms. The van der Waals surface area contributed by atoms with E-state index in [1.54, 1.807) is 13.0 Å². The highest BCUT2D eigenvalue weighted by Crippen LogP contribution is 2.21. The Morgan fingerprint density at radius 1 is 1.07 bits per heavy atom. The van der Waals surface area contributed by atoms with Crippen molar-refractivity contribution in [1.29, 1.82) is 0 Å². The Hall–Kier alpha value is -3.21. The van der Waals surface area contributed by atoms with Gasteiger partial charge in [-0.1, -0.05) is 36.8 Å². The summed E-state index contributed by atoms with van der Waals surface area (Å²) in [6, 6.07) is 13.5. The third-order valence-electron chi connectivity index (χ3n) is 4.72. The molecule has 1 amide bonds. The monoisotopic (exact) mass is 376 g/mol. The lowest BCUT2D eigenvalue weighted by Gasteiger charge is -2.13. The van der Waals surface area contributed by atoms with Crippen LogP contribution >= 0.6 is 0 Å². The molecule has 3 aromatic rings. The van der Waals surface area contributed by atoms with Gasteiger partial charge in [-0.05, 0) is 56.5 Å². The molecule has 0 aliphatic carbocycles. The molecule has 0 saturated heterocycles. The summed E-state index contributed by atoms with van der Waals surface area (Å²) in [5, 5.41) is 3.73. The number of para-hydroxylation sites is 1. The van der Waals surface area contributed by atoms with Crippen LogP contribution in [0.2, 0.25) is 0 Å². The molecule has 0 saturated carbocycles. The Morgan fingerprint density at radius 3 is 2.61 bits per heavy atom. The molecule has 0 atom stereocenters. The number of benzene rings is 2. The van der Waals surface area contributed by atoms with Crippen LogP contribution in [-0.4, -0.2) is 23.5 Å². The van der Waals surface area contributed by atoms with Crippen molar-refractivity contribution >= 4 is 28.5 Å². The van der Waals surface area contributed by atoms with Gasteiger partial charge in [-0.15, -0.1) is 0 Å². The van der Waals surface area contributed by atoms with Crippen molar-refractivity contribution in [3.8, 4) is 0 Å². The van der Waals surface area contributed by atoms with Gasteiger partial charge in [-0.3, -0.25) is 9.78 Å². The van der Waals surface area contributed by atoms with Crippen molar-refractivity contribution in [2.45, 2.75) is 34.1 Å². The number of carbonyl (C=O) groups excluding carboxylic acids is 2. The van der Waals surface area contributed by atoms with E-state index in [1.165, 1.54) is 0 Å². The molecule has 2 aromatic carbocycles. The zero-order valence-corrected chi connectivity index (χ0v) is 16.6. The van der Waals surface area contributed by atoms with Gasteiger partial charge in [0.2, 0.25) is 0 Å². The second kappa shape index (κ2) is 8.21. The topological polar surface area (TPSA) is 68.3 Å². The van der Waals surface area contributed by atoms with Crippen LogP contribution in [0.15, 0.2) is 42.5 Å². The highest BCUT2D eigenvalue weighted by molar-refractivity contribution is 5.98. The highest BCUT2D eigenvalue weighted by atomic mass is 16.5. The van der Waals surface area contributed by atoms with Crippen LogP contribution in [-0.2, 0) is 16.0 Å². The maximum Gasteiger partial charge on any atom is 0.340 e. The first-order chi connectivity index (χ1) is 13.4. The van der Waals surface area contributed by atoms with Crippen LogP contribution < -0.4 is 5.32 Å². The number of nitrogens with one attached hydrogen (secondary N) is 1. The molecule has 0 aliphatic heterocycles. The van der Waals surface area contributed by atoms with Crippen LogP contribution in [0.3, 0.4) is 0 Å². The van der Waals surface area contributed by atoms with Crippen molar-refractivity contribution in [3.05, 3.63) is 70.4 Å². The summed E-state index contributed by atoms with van der Waals surface area (Å²) in [6.07, 6.45) is 0.804. The van der Waals surface area contributed by atoms with E-state index >= 15 is 0 Å². The van der Waals surface area contributed by atoms with Gasteiger partial charge >= 0.3 is 5.97 Å². The molecule has 5 heteroatoms. The summed E-state index contributed by atoms with van der Waals surface area (Å²) in [5.74, 6) is -0.913. The summed E-state index contributed by atoms with van der Waals surface area (Å²) in [6.45, 7) is 7.37. The van der Waals surface area contributed by atoms with Gasteiger partial charge in [-0.25, -0.2) is 4.79 Å². The van der Waals surface area contributed by atoms with Crippen molar-refractivity contribution in [1.82, 2.24) is 4.98 Å². The lowest BCUT2D eigenvalue weighted by atomic mass is 10.1. The zero-order valence-electron chi connectivity index (χ0n) is 16.6. The number of ether oxygens (including phenoxy) is 1. The number of hydrogen-bond acceptors (Lipinski definition) is 4. The van der Waals surface area contributed by atoms with Crippen molar-refractivity contribution in [2.75, 3.05) is 11.9 Å². The number of carbonyl (C=O) groups is 2. The Bertz CT molecular complexity index is 1060. The minimum atomic E-state index is -0.552. The quantitative estimate of drug-likeness (QED) is 0.665. The summed E-state index contributed by atoms with van der Waals surface area (Å²) < 4.78 is 5.24. The number of esters is 1. The Labute approximate surface area is 164 Å². The van der Waals surface area contributed by atoms with E-state index in [-0.39, 0.29) is 12.5 Å². The predicted molar refractivity (Wildman–Crippen MR) is 111 cm³/mol. The van der Waals surface area contributed by atoms with E-state index in [2.05, 4.69) is 10.3 Å². The molecular formula is C23H24N2O3. The second-order valence-electron chi connectivity index (χ2n) is 6.90. The first-order valence-corrected chi connectivity index (χ1v) is 9.32. The van der Waals surface area contributed by atoms with Gasteiger partial charge in [0.05, 0.1) is 16.8 Å². The molecule has 0 spiro atoms. The van der Waals surface area contributed by atoms with Gasteiger partial charge < -0.3 is 10.1 Å². The molecule has 1 heterocycles. The number of anilines is 1. The van der Waals surface area contributed by atoms with Crippen molar-refractivity contribution in [2.24, 2.45) is 0 Å². The zero-order chi connectivity index (χ0) is 20.3. The number of amides is 1. The SMILES string of the molecule is CCc1cccc(C)c1NC(=O)COC(=O)c1cc2cc(C)ccc2nc1C. The van der Waals surface area contributed by atoms with E-state index in [0.717, 1.165) is 39.7 Å². The molecule has 5 nitrogen and oxygen atoms in total. The number of hydrogen-bond donors (Lipinski definition) is 1. The number of rotatable bonds is 5. The molecular weight excluding hydrogens is 352 g/mol. The largest absolute Gasteiger partial charge is 0.452 e. The van der Waals surface area contributed by atoms with Crippen LogP contribution in [0, 0.1) is 20.8 Å². The fraction of sp³-hybridized carbons (Fsp3) is 0.261. The first kappa shape index (κ1) is 19.5. The first-order valence-electron chi connectivity index (χ1n) is 9.32. The van der Waals surface area contributed by atoms with Gasteiger partial charge in [0.25, 0.3) is 5.91 Å². The molecule has 1 aromatic heterocycles. The lowest BCUT2D eigenvalue weighted by molar-refractivity contribution is -0.119. The van der Waals surface area contributed by atoms with Gasteiger partial charge in [0.15, 0.2) is 6.61 Å². The van der Waals surface area contributed by atoms with Crippen LogP contribution in [0.25, 0.3) is 10.9 Å². The van der Waals surface area contributed by atoms with E-state index < -0.39 is 5.97 Å². The van der Waals surface area contributed by atoms with Crippen LogP contribution in [0.4, 0.5) is 5.69 Å². The van der Waals surface area contributed by atoms with E-state index in [9.17, 15) is 9.59 Å². The molecule has 0 radical (unpaired) electrons. The maximum absolute atomic E-state index is 12.5. The van der Waals surface area contributed by atoms with Crippen LogP contribution in [0.1, 0.15) is 39.7 Å². The van der Waals surface area contributed by atoms with Gasteiger partial charge in [0, 0.05) is 11.1 Å². The average Bonchev–Trinajstić information content (AvgIpc) is 2.67. The number of nitrogens with zero attached hydrogens (tertiary/aromatic N) is 1. The number of aromatic nitrogens is 1. The normalized spacial score (nSPS) is 10.7. The molecule has 0 fully saturated rings. The average molecular weight is 376 g/mol. The molecule has 3 rings (SSSR count). The van der Waals surface area contributed by atoms with Gasteiger partial charge in [-0.2, -0.15) is 0 Å². The summed E-state index contributed by atoms with van der Waals surface area (Å²) >= 11 is 0. The summed E-state index contributed by atoms with van der Waals surface area (Å²) in [5.41, 5.74) is 5.66. The fourth-order valence-corrected chi connectivity index (χ4v) is 3.19. The summed E-state index contributed by atoms with van der Waals surface area (Å²) in [7, 11) is 0. The minimum Gasteiger partial charge on any atom is -0.452 e. The number of pyridine rings is 1. The van der Waals surface area contributed by atoms with E-state index in [1.807, 2.05) is 57.2 Å². The highest BCUT2D eigenvalue weighted by Gasteiger charge is 2.16. The van der Waals surface area contributed by atoms with E-state index in [4.69, 9.17) is 4.74 Å². The van der Waals surface area contributed by atoms with Crippen molar-refractivity contribution < 1.29 is 14.3 Å². The molecule has 0 aliphatic rings. The summed E-state index contributed by atoms with van der Waals surface area (Å²) in [4.78, 5) is 29.3. The number of aryl methyl sites for hydroxylation is 4. The number of fused-ring (bicyclic) bond motifs is 1. The fourth-order valence-electron chi connectivity index (χ4n) is 3.19. The molecule has 144 valence electrons. The Kier molecular flexibility index (Phi) is 5.73. The smallest absolute Gasteiger partial charge is 0.340 e. The molecule has 0 unspecified atom stereocenters. The molecule has 28 heavy (non-hydrogen) atoms. The predicted octanol–water partition coefficient (Wildman–Crippen LogP) is 4.52. The molecule has 1 N–H and O–H groups in total.